The van der Waals surface area contributed by atoms with E-state index in [2.05, 4.69) is 19.9 Å². The van der Waals surface area contributed by atoms with Crippen LogP contribution in [0.3, 0.4) is 0 Å². The Labute approximate surface area is 113 Å². The molecule has 0 saturated carbocycles. The average molecular weight is 290 g/mol. The van der Waals surface area contributed by atoms with E-state index in [-0.39, 0.29) is 4.90 Å². The van der Waals surface area contributed by atoms with Crippen LogP contribution in [0.4, 0.5) is 5.69 Å². The summed E-state index contributed by atoms with van der Waals surface area (Å²) < 4.78 is 26.8. The van der Waals surface area contributed by atoms with Crippen molar-refractivity contribution in [2.45, 2.75) is 4.90 Å². The maximum absolute atomic E-state index is 12.2. The van der Waals surface area contributed by atoms with Gasteiger partial charge in [0, 0.05) is 23.8 Å². The number of rotatable bonds is 3. The van der Waals surface area contributed by atoms with Gasteiger partial charge >= 0.3 is 0 Å². The summed E-state index contributed by atoms with van der Waals surface area (Å²) in [5.41, 5.74) is 0.319. The number of nitrogens with zero attached hydrogens (tertiary/aromatic N) is 1. The summed E-state index contributed by atoms with van der Waals surface area (Å²) in [5.74, 6) is 0. The van der Waals surface area contributed by atoms with E-state index in [0.29, 0.717) is 11.2 Å². The molecule has 1 aromatic carbocycles. The molecule has 3 aromatic rings. The number of para-hydroxylation sites is 1. The Morgan fingerprint density at radius 1 is 1.20 bits per heavy atom. The molecular weight excluding hydrogens is 280 g/mol. The normalized spacial score (nSPS) is 11.6. The number of anilines is 1. The minimum absolute atomic E-state index is 0.336. The standard InChI is InChI=1S/C12H10N4O3S/c17-10-4-5-13-7-11(10)20(18,19)16-9-3-1-2-8-6-14-15-12(8)9/h1-7,16H,(H,13,17)(H,14,15). The van der Waals surface area contributed by atoms with Crippen molar-refractivity contribution in [2.24, 2.45) is 0 Å². The molecule has 3 rings (SSSR count). The van der Waals surface area contributed by atoms with E-state index >= 15 is 0 Å². The molecule has 8 heteroatoms. The van der Waals surface area contributed by atoms with E-state index in [1.54, 1.807) is 24.4 Å². The monoisotopic (exact) mass is 290 g/mol. The van der Waals surface area contributed by atoms with Crippen LogP contribution in [0.25, 0.3) is 10.9 Å². The lowest BCUT2D eigenvalue weighted by molar-refractivity contribution is 0.600. The Morgan fingerprint density at radius 3 is 2.85 bits per heavy atom. The van der Waals surface area contributed by atoms with Crippen LogP contribution >= 0.6 is 0 Å². The van der Waals surface area contributed by atoms with Gasteiger partial charge in [0.15, 0.2) is 4.90 Å². The van der Waals surface area contributed by atoms with Crippen LogP contribution < -0.4 is 10.2 Å². The molecule has 20 heavy (non-hydrogen) atoms. The van der Waals surface area contributed by atoms with E-state index in [0.717, 1.165) is 17.6 Å². The second kappa shape index (κ2) is 4.49. The van der Waals surface area contributed by atoms with Crippen molar-refractivity contribution in [3.8, 4) is 0 Å². The lowest BCUT2D eigenvalue weighted by Crippen LogP contribution is -2.21. The van der Waals surface area contributed by atoms with E-state index in [4.69, 9.17) is 0 Å². The maximum atomic E-state index is 12.2. The quantitative estimate of drug-likeness (QED) is 0.670. The molecule has 7 nitrogen and oxygen atoms in total. The number of benzene rings is 1. The molecule has 0 amide bonds. The molecule has 0 unspecified atom stereocenters. The SMILES string of the molecule is O=c1cc[nH]cc1S(=O)(=O)Nc1cccc2cn[nH]c12. The molecule has 2 heterocycles. The molecule has 0 aliphatic rings. The second-order valence-electron chi connectivity index (χ2n) is 4.12. The van der Waals surface area contributed by atoms with Crippen molar-refractivity contribution >= 4 is 26.6 Å². The van der Waals surface area contributed by atoms with E-state index < -0.39 is 15.5 Å². The molecule has 102 valence electrons. The lowest BCUT2D eigenvalue weighted by Gasteiger charge is -2.07. The summed E-state index contributed by atoms with van der Waals surface area (Å²) in [5, 5.41) is 7.34. The summed E-state index contributed by atoms with van der Waals surface area (Å²) in [7, 11) is -3.95. The lowest BCUT2D eigenvalue weighted by atomic mass is 10.2. The van der Waals surface area contributed by atoms with Crippen LogP contribution in [0.5, 0.6) is 0 Å². The van der Waals surface area contributed by atoms with Gasteiger partial charge in [0.25, 0.3) is 10.0 Å². The molecule has 0 aliphatic heterocycles. The van der Waals surface area contributed by atoms with Gasteiger partial charge in [0.2, 0.25) is 5.43 Å². The number of fused-ring (bicyclic) bond motifs is 1. The largest absolute Gasteiger partial charge is 0.366 e. The maximum Gasteiger partial charge on any atom is 0.267 e. The topological polar surface area (TPSA) is 108 Å². The van der Waals surface area contributed by atoms with Crippen molar-refractivity contribution in [3.05, 3.63) is 53.1 Å². The van der Waals surface area contributed by atoms with Gasteiger partial charge in [-0.25, -0.2) is 8.42 Å². The zero-order valence-corrected chi connectivity index (χ0v) is 10.9. The molecule has 3 N–H and O–H groups in total. The van der Waals surface area contributed by atoms with Crippen LogP contribution in [-0.4, -0.2) is 23.6 Å². The molecule has 0 spiro atoms. The Balaban J connectivity index is 2.09. The fourth-order valence-corrected chi connectivity index (χ4v) is 2.99. The molecule has 0 saturated heterocycles. The predicted octanol–water partition coefficient (Wildman–Crippen LogP) is 1.05. The third-order valence-corrected chi connectivity index (χ3v) is 4.19. The van der Waals surface area contributed by atoms with Gasteiger partial charge in [-0.2, -0.15) is 5.10 Å². The fourth-order valence-electron chi connectivity index (χ4n) is 1.86. The van der Waals surface area contributed by atoms with Crippen LogP contribution in [0, 0.1) is 0 Å². The highest BCUT2D eigenvalue weighted by Crippen LogP contribution is 2.22. The van der Waals surface area contributed by atoms with Gasteiger partial charge < -0.3 is 4.98 Å². The van der Waals surface area contributed by atoms with E-state index in [1.807, 2.05) is 0 Å². The van der Waals surface area contributed by atoms with E-state index in [9.17, 15) is 13.2 Å². The molecule has 0 aliphatic carbocycles. The molecule has 0 atom stereocenters. The van der Waals surface area contributed by atoms with Gasteiger partial charge in [0.05, 0.1) is 17.4 Å². The van der Waals surface area contributed by atoms with Crippen molar-refractivity contribution in [2.75, 3.05) is 4.72 Å². The number of hydrogen-bond donors (Lipinski definition) is 3. The Kier molecular flexibility index (Phi) is 2.79. The third kappa shape index (κ3) is 2.05. The van der Waals surface area contributed by atoms with Crippen molar-refractivity contribution < 1.29 is 8.42 Å². The molecule has 0 radical (unpaired) electrons. The molecular formula is C12H10N4O3S. The summed E-state index contributed by atoms with van der Waals surface area (Å²) in [6, 6.07) is 6.25. The van der Waals surface area contributed by atoms with E-state index in [1.165, 1.54) is 6.20 Å². The number of pyridine rings is 1. The minimum atomic E-state index is -3.95. The summed E-state index contributed by atoms with van der Waals surface area (Å²) in [6.07, 6.45) is 4.11. The second-order valence-corrected chi connectivity index (χ2v) is 5.77. The number of sulfonamides is 1. The van der Waals surface area contributed by atoms with Crippen molar-refractivity contribution in [3.63, 3.8) is 0 Å². The number of H-pyrrole nitrogens is 2. The van der Waals surface area contributed by atoms with Crippen LogP contribution in [0.2, 0.25) is 0 Å². The average Bonchev–Trinajstić information content (AvgIpc) is 2.88. The highest BCUT2D eigenvalue weighted by molar-refractivity contribution is 7.92. The number of aromatic amines is 2. The van der Waals surface area contributed by atoms with Crippen LogP contribution in [0.1, 0.15) is 0 Å². The highest BCUT2D eigenvalue weighted by atomic mass is 32.2. The molecule has 2 aromatic heterocycles. The minimum Gasteiger partial charge on any atom is -0.366 e. The first-order chi connectivity index (χ1) is 9.58. The Bertz CT molecular complexity index is 927. The van der Waals surface area contributed by atoms with Crippen LogP contribution in [-0.2, 0) is 10.0 Å². The number of aromatic nitrogens is 3. The first-order valence-corrected chi connectivity index (χ1v) is 7.18. The smallest absolute Gasteiger partial charge is 0.267 e. The highest BCUT2D eigenvalue weighted by Gasteiger charge is 2.19. The first-order valence-electron chi connectivity index (χ1n) is 5.70. The predicted molar refractivity (Wildman–Crippen MR) is 74.0 cm³/mol. The van der Waals surface area contributed by atoms with Gasteiger partial charge in [-0.05, 0) is 6.07 Å². The summed E-state index contributed by atoms with van der Waals surface area (Å²) >= 11 is 0. The van der Waals surface area contributed by atoms with Gasteiger partial charge in [0.1, 0.15) is 0 Å². The Morgan fingerprint density at radius 2 is 2.05 bits per heavy atom. The Hall–Kier alpha value is -2.61. The first kappa shape index (κ1) is 12.4. The number of nitrogens with one attached hydrogen (secondary N) is 3. The molecule has 0 bridgehead atoms. The summed E-state index contributed by atoms with van der Waals surface area (Å²) in [6.45, 7) is 0. The fraction of sp³-hybridized carbons (Fsp3) is 0. The summed E-state index contributed by atoms with van der Waals surface area (Å²) in [4.78, 5) is 13.9. The van der Waals surface area contributed by atoms with Crippen molar-refractivity contribution in [1.29, 1.82) is 0 Å². The van der Waals surface area contributed by atoms with Crippen LogP contribution in [0.15, 0.2) is 52.5 Å². The zero-order chi connectivity index (χ0) is 14.2. The third-order valence-electron chi connectivity index (χ3n) is 2.80. The molecule has 0 fully saturated rings. The van der Waals surface area contributed by atoms with Crippen molar-refractivity contribution in [1.82, 2.24) is 15.2 Å². The van der Waals surface area contributed by atoms with Gasteiger partial charge in [-0.1, -0.05) is 12.1 Å². The zero-order valence-electron chi connectivity index (χ0n) is 10.1. The van der Waals surface area contributed by atoms with Gasteiger partial charge in [-0.15, -0.1) is 0 Å². The number of hydrogen-bond acceptors (Lipinski definition) is 4. The van der Waals surface area contributed by atoms with Gasteiger partial charge in [-0.3, -0.25) is 14.6 Å².